The molecule has 0 radical (unpaired) electrons. The van der Waals surface area contributed by atoms with Crippen molar-refractivity contribution in [3.8, 4) is 5.75 Å². The fourth-order valence-electron chi connectivity index (χ4n) is 2.51. The van der Waals surface area contributed by atoms with Crippen LogP contribution in [0.2, 0.25) is 5.02 Å². The topological polar surface area (TPSA) is 93.4 Å². The number of amides is 1. The molecule has 0 aliphatic heterocycles. The molecular formula is C19H17ClN4O2. The molecule has 0 atom stereocenters. The summed E-state index contributed by atoms with van der Waals surface area (Å²) in [7, 11) is 1.60. The Hall–Kier alpha value is -3.12. The molecule has 3 rings (SSSR count). The van der Waals surface area contributed by atoms with Crippen molar-refractivity contribution in [2.24, 2.45) is 10.7 Å². The second-order valence-corrected chi connectivity index (χ2v) is 5.97. The Kier molecular flexibility index (Phi) is 5.34. The van der Waals surface area contributed by atoms with Gasteiger partial charge in [-0.1, -0.05) is 29.8 Å². The number of nitrogens with two attached hydrogens (primary N) is 1. The lowest BCUT2D eigenvalue weighted by Crippen LogP contribution is -2.13. The lowest BCUT2D eigenvalue weighted by molar-refractivity contribution is 0.100. The van der Waals surface area contributed by atoms with Gasteiger partial charge in [0.05, 0.1) is 12.8 Å². The molecule has 0 bridgehead atoms. The lowest BCUT2D eigenvalue weighted by atomic mass is 10.1. The molecule has 3 aromatic rings. The van der Waals surface area contributed by atoms with Crippen molar-refractivity contribution in [1.82, 2.24) is 10.2 Å². The molecule has 0 unspecified atom stereocenters. The van der Waals surface area contributed by atoms with E-state index in [9.17, 15) is 4.79 Å². The number of methoxy groups -OCH3 is 1. The van der Waals surface area contributed by atoms with Crippen LogP contribution in [0, 0.1) is 0 Å². The van der Waals surface area contributed by atoms with E-state index in [4.69, 9.17) is 22.1 Å². The van der Waals surface area contributed by atoms with Crippen LogP contribution in [0.15, 0.2) is 53.5 Å². The average molecular weight is 369 g/mol. The maximum Gasteiger partial charge on any atom is 0.254 e. The molecule has 1 amide bonds. The molecule has 3 N–H and O–H groups in total. The molecule has 0 saturated carbocycles. The van der Waals surface area contributed by atoms with Gasteiger partial charge in [0.15, 0.2) is 5.82 Å². The van der Waals surface area contributed by atoms with Crippen molar-refractivity contribution in [2.75, 3.05) is 7.11 Å². The first-order chi connectivity index (χ1) is 12.6. The molecule has 1 heterocycles. The molecule has 0 spiro atoms. The minimum absolute atomic E-state index is 0.246. The van der Waals surface area contributed by atoms with Crippen molar-refractivity contribution in [3.63, 3.8) is 0 Å². The van der Waals surface area contributed by atoms with Gasteiger partial charge < -0.3 is 10.5 Å². The molecule has 26 heavy (non-hydrogen) atoms. The number of aromatic nitrogens is 2. The van der Waals surface area contributed by atoms with Crippen molar-refractivity contribution >= 4 is 29.5 Å². The third-order valence-corrected chi connectivity index (χ3v) is 4.21. The Morgan fingerprint density at radius 2 is 2.00 bits per heavy atom. The van der Waals surface area contributed by atoms with Gasteiger partial charge in [0.1, 0.15) is 11.3 Å². The summed E-state index contributed by atoms with van der Waals surface area (Å²) < 4.78 is 5.12. The number of ether oxygens (including phenoxy) is 1. The first kappa shape index (κ1) is 17.7. The molecular weight excluding hydrogens is 352 g/mol. The van der Waals surface area contributed by atoms with Gasteiger partial charge in [-0.3, -0.25) is 9.89 Å². The fraction of sp³-hybridized carbons (Fsp3) is 0.105. The predicted molar refractivity (Wildman–Crippen MR) is 102 cm³/mol. The summed E-state index contributed by atoms with van der Waals surface area (Å²) in [6.45, 7) is 0. The zero-order valence-electron chi connectivity index (χ0n) is 14.1. The number of aliphatic imine (C=N–C) groups is 1. The van der Waals surface area contributed by atoms with Gasteiger partial charge in [-0.05, 0) is 41.5 Å². The third kappa shape index (κ3) is 3.92. The van der Waals surface area contributed by atoms with E-state index in [1.165, 1.54) is 0 Å². The van der Waals surface area contributed by atoms with E-state index < -0.39 is 5.91 Å². The summed E-state index contributed by atoms with van der Waals surface area (Å²) in [6, 6.07) is 14.7. The summed E-state index contributed by atoms with van der Waals surface area (Å²) in [6.07, 6.45) is 2.02. The first-order valence-corrected chi connectivity index (χ1v) is 8.25. The Morgan fingerprint density at radius 3 is 2.65 bits per heavy atom. The van der Waals surface area contributed by atoms with Crippen LogP contribution in [0.3, 0.4) is 0 Å². The number of hydrogen-bond donors (Lipinski definition) is 2. The van der Waals surface area contributed by atoms with E-state index in [2.05, 4.69) is 15.2 Å². The van der Waals surface area contributed by atoms with Gasteiger partial charge in [-0.15, -0.1) is 0 Å². The van der Waals surface area contributed by atoms with Gasteiger partial charge in [0, 0.05) is 17.7 Å². The van der Waals surface area contributed by atoms with Crippen molar-refractivity contribution < 1.29 is 9.53 Å². The lowest BCUT2D eigenvalue weighted by Gasteiger charge is -2.03. The number of primary amides is 1. The van der Waals surface area contributed by atoms with Crippen LogP contribution in [-0.4, -0.2) is 29.4 Å². The molecule has 2 aromatic carbocycles. The molecule has 0 saturated heterocycles. The zero-order chi connectivity index (χ0) is 18.5. The number of benzene rings is 2. The largest absolute Gasteiger partial charge is 0.497 e. The average Bonchev–Trinajstić information content (AvgIpc) is 3.05. The minimum atomic E-state index is -0.595. The van der Waals surface area contributed by atoms with E-state index in [-0.39, 0.29) is 11.4 Å². The van der Waals surface area contributed by atoms with Crippen molar-refractivity contribution in [3.05, 3.63) is 75.9 Å². The molecule has 0 aliphatic carbocycles. The third-order valence-electron chi connectivity index (χ3n) is 3.85. The number of carbonyl (C=O) groups is 1. The molecule has 1 aromatic heterocycles. The standard InChI is InChI=1S/C19H17ClN4O2/c1-26-14-8-6-12(7-9-14)11-22-19-17(18(21)25)16(23-24-19)10-13-4-2-3-5-15(13)20/h2-9,11H,10H2,1H3,(H2,21,25)(H,23,24). The number of nitrogens with zero attached hydrogens (tertiary/aromatic N) is 2. The second-order valence-electron chi connectivity index (χ2n) is 5.56. The van der Waals surface area contributed by atoms with Crippen LogP contribution >= 0.6 is 11.6 Å². The number of carbonyl (C=O) groups excluding carboxylic acids is 1. The summed E-state index contributed by atoms with van der Waals surface area (Å²) >= 11 is 6.19. The molecule has 132 valence electrons. The maximum absolute atomic E-state index is 11.9. The summed E-state index contributed by atoms with van der Waals surface area (Å²) in [5, 5.41) is 7.58. The number of rotatable bonds is 6. The summed E-state index contributed by atoms with van der Waals surface area (Å²) in [5.74, 6) is 0.403. The van der Waals surface area contributed by atoms with Gasteiger partial charge >= 0.3 is 0 Å². The van der Waals surface area contributed by atoms with E-state index in [1.807, 2.05) is 42.5 Å². The Morgan fingerprint density at radius 1 is 1.27 bits per heavy atom. The smallest absolute Gasteiger partial charge is 0.254 e. The highest BCUT2D eigenvalue weighted by atomic mass is 35.5. The number of halogens is 1. The highest BCUT2D eigenvalue weighted by Gasteiger charge is 2.18. The van der Waals surface area contributed by atoms with Crippen LogP contribution in [0.25, 0.3) is 0 Å². The predicted octanol–water partition coefficient (Wildman–Crippen LogP) is 3.51. The minimum Gasteiger partial charge on any atom is -0.497 e. The zero-order valence-corrected chi connectivity index (χ0v) is 14.8. The van der Waals surface area contributed by atoms with Gasteiger partial charge in [0.2, 0.25) is 0 Å². The molecule has 7 heteroatoms. The van der Waals surface area contributed by atoms with Gasteiger partial charge in [-0.25, -0.2) is 4.99 Å². The highest BCUT2D eigenvalue weighted by Crippen LogP contribution is 2.24. The molecule has 0 fully saturated rings. The quantitative estimate of drug-likeness (QED) is 0.652. The number of H-pyrrole nitrogens is 1. The number of nitrogens with one attached hydrogen (secondary N) is 1. The van der Waals surface area contributed by atoms with Crippen LogP contribution in [0.4, 0.5) is 5.82 Å². The number of hydrogen-bond acceptors (Lipinski definition) is 4. The Labute approximate surface area is 155 Å². The van der Waals surface area contributed by atoms with E-state index >= 15 is 0 Å². The Balaban J connectivity index is 1.88. The van der Waals surface area contributed by atoms with Crippen LogP contribution < -0.4 is 10.5 Å². The van der Waals surface area contributed by atoms with Gasteiger partial charge in [-0.2, -0.15) is 5.10 Å². The van der Waals surface area contributed by atoms with Crippen LogP contribution in [-0.2, 0) is 6.42 Å². The van der Waals surface area contributed by atoms with E-state index in [0.29, 0.717) is 17.1 Å². The summed E-state index contributed by atoms with van der Waals surface area (Å²) in [5.41, 5.74) is 8.08. The van der Waals surface area contributed by atoms with Crippen LogP contribution in [0.5, 0.6) is 5.75 Å². The fourth-order valence-corrected chi connectivity index (χ4v) is 2.71. The monoisotopic (exact) mass is 368 g/mol. The first-order valence-electron chi connectivity index (χ1n) is 7.87. The highest BCUT2D eigenvalue weighted by molar-refractivity contribution is 6.31. The molecule has 0 aliphatic rings. The van der Waals surface area contributed by atoms with Crippen molar-refractivity contribution in [1.29, 1.82) is 0 Å². The Bertz CT molecular complexity index is 948. The van der Waals surface area contributed by atoms with E-state index in [1.54, 1.807) is 19.4 Å². The second kappa shape index (κ2) is 7.84. The number of aromatic amines is 1. The van der Waals surface area contributed by atoms with Gasteiger partial charge in [0.25, 0.3) is 5.91 Å². The normalized spacial score (nSPS) is 11.0. The SMILES string of the molecule is COc1ccc(C=Nc2n[nH]c(Cc3ccccc3Cl)c2C(N)=O)cc1. The van der Waals surface area contributed by atoms with Crippen molar-refractivity contribution in [2.45, 2.75) is 6.42 Å². The maximum atomic E-state index is 11.9. The summed E-state index contributed by atoms with van der Waals surface area (Å²) in [4.78, 5) is 16.2. The molecule has 6 nitrogen and oxygen atoms in total. The van der Waals surface area contributed by atoms with Crippen LogP contribution in [0.1, 0.15) is 27.2 Å². The van der Waals surface area contributed by atoms with E-state index in [0.717, 1.165) is 16.9 Å².